The topological polar surface area (TPSA) is 20.3 Å². The number of hydrogen-bond acceptors (Lipinski definition) is 3. The van der Waals surface area contributed by atoms with Gasteiger partial charge in [-0.25, -0.2) is 0 Å². The van der Waals surface area contributed by atoms with Crippen LogP contribution in [0.15, 0.2) is 29.0 Å². The van der Waals surface area contributed by atoms with E-state index in [0.29, 0.717) is 6.42 Å². The fourth-order valence-electron chi connectivity index (χ4n) is 2.14. The van der Waals surface area contributed by atoms with Gasteiger partial charge in [0.2, 0.25) is 5.91 Å². The Balaban J connectivity index is 1.68. The summed E-state index contributed by atoms with van der Waals surface area (Å²) in [6.07, 6.45) is 1.57. The quantitative estimate of drug-likeness (QED) is 0.816. The van der Waals surface area contributed by atoms with Gasteiger partial charge in [-0.2, -0.15) is 0 Å². The SMILES string of the molecule is O=C(Cc1cccs1)N1CCc2sccc2C1. The van der Waals surface area contributed by atoms with E-state index < -0.39 is 0 Å². The van der Waals surface area contributed by atoms with Crippen LogP contribution in [0.4, 0.5) is 0 Å². The lowest BCUT2D eigenvalue weighted by atomic mass is 10.1. The van der Waals surface area contributed by atoms with E-state index in [1.54, 1.807) is 11.3 Å². The molecule has 4 heteroatoms. The molecule has 3 heterocycles. The summed E-state index contributed by atoms with van der Waals surface area (Å²) in [5.74, 6) is 0.254. The van der Waals surface area contributed by atoms with E-state index in [9.17, 15) is 4.79 Å². The van der Waals surface area contributed by atoms with Crippen molar-refractivity contribution in [3.8, 4) is 0 Å². The number of amides is 1. The smallest absolute Gasteiger partial charge is 0.228 e. The number of nitrogens with zero attached hydrogens (tertiary/aromatic N) is 1. The van der Waals surface area contributed by atoms with Crippen molar-refractivity contribution in [2.75, 3.05) is 6.54 Å². The molecule has 0 spiro atoms. The summed E-state index contributed by atoms with van der Waals surface area (Å²) in [6.45, 7) is 1.67. The third-order valence-corrected chi connectivity index (χ3v) is 4.97. The van der Waals surface area contributed by atoms with Gasteiger partial charge in [-0.05, 0) is 34.9 Å². The monoisotopic (exact) mass is 263 g/mol. The maximum absolute atomic E-state index is 12.1. The van der Waals surface area contributed by atoms with Crippen molar-refractivity contribution >= 4 is 28.6 Å². The highest BCUT2D eigenvalue weighted by atomic mass is 32.1. The molecule has 0 radical (unpaired) electrons. The molecule has 0 fully saturated rings. The van der Waals surface area contributed by atoms with Crippen molar-refractivity contribution in [2.24, 2.45) is 0 Å². The van der Waals surface area contributed by atoms with Crippen LogP contribution in [-0.2, 0) is 24.2 Å². The average molecular weight is 263 g/mol. The van der Waals surface area contributed by atoms with Crippen LogP contribution in [0.3, 0.4) is 0 Å². The summed E-state index contributed by atoms with van der Waals surface area (Å²) >= 11 is 3.47. The second kappa shape index (κ2) is 4.63. The van der Waals surface area contributed by atoms with Gasteiger partial charge >= 0.3 is 0 Å². The molecular weight excluding hydrogens is 250 g/mol. The molecule has 0 unspecified atom stereocenters. The highest BCUT2D eigenvalue weighted by Gasteiger charge is 2.21. The van der Waals surface area contributed by atoms with Crippen molar-refractivity contribution in [1.82, 2.24) is 4.90 Å². The van der Waals surface area contributed by atoms with Crippen LogP contribution in [0, 0.1) is 0 Å². The molecule has 1 aliphatic heterocycles. The number of thiophene rings is 2. The first-order valence-corrected chi connectivity index (χ1v) is 7.44. The summed E-state index contributed by atoms with van der Waals surface area (Å²) < 4.78 is 0. The zero-order valence-electron chi connectivity index (χ0n) is 9.39. The van der Waals surface area contributed by atoms with Crippen molar-refractivity contribution < 1.29 is 4.79 Å². The summed E-state index contributed by atoms with van der Waals surface area (Å²) in [7, 11) is 0. The van der Waals surface area contributed by atoms with Crippen LogP contribution in [0.1, 0.15) is 15.3 Å². The maximum atomic E-state index is 12.1. The molecule has 3 rings (SSSR count). The average Bonchev–Trinajstić information content (AvgIpc) is 2.97. The zero-order valence-corrected chi connectivity index (χ0v) is 11.0. The first-order valence-electron chi connectivity index (χ1n) is 5.68. The second-order valence-electron chi connectivity index (χ2n) is 4.19. The Bertz CT molecular complexity index is 515. The Hall–Kier alpha value is -1.13. The van der Waals surface area contributed by atoms with Crippen molar-refractivity contribution in [3.05, 3.63) is 44.3 Å². The Labute approximate surface area is 109 Å². The number of carbonyl (C=O) groups excluding carboxylic acids is 1. The number of fused-ring (bicyclic) bond motifs is 1. The molecule has 2 aromatic heterocycles. The minimum Gasteiger partial charge on any atom is -0.338 e. The van der Waals surface area contributed by atoms with E-state index in [4.69, 9.17) is 0 Å². The van der Waals surface area contributed by atoms with Gasteiger partial charge in [-0.3, -0.25) is 4.79 Å². The maximum Gasteiger partial charge on any atom is 0.228 e. The van der Waals surface area contributed by atoms with Gasteiger partial charge in [0.15, 0.2) is 0 Å². The molecule has 0 atom stereocenters. The summed E-state index contributed by atoms with van der Waals surface area (Å²) in [5, 5.41) is 4.15. The first kappa shape index (κ1) is 11.0. The number of hydrogen-bond donors (Lipinski definition) is 0. The van der Waals surface area contributed by atoms with Crippen molar-refractivity contribution in [2.45, 2.75) is 19.4 Å². The molecule has 1 amide bonds. The standard InChI is InChI=1S/C13H13NOS2/c15-13(8-11-2-1-6-16-11)14-5-3-12-10(9-14)4-7-17-12/h1-2,4,6-7H,3,5,8-9H2. The lowest BCUT2D eigenvalue weighted by Gasteiger charge is -2.26. The van der Waals surface area contributed by atoms with Crippen LogP contribution >= 0.6 is 22.7 Å². The molecule has 17 heavy (non-hydrogen) atoms. The van der Waals surface area contributed by atoms with Gasteiger partial charge in [0.05, 0.1) is 6.42 Å². The normalized spacial score (nSPS) is 14.7. The molecule has 0 aromatic carbocycles. The van der Waals surface area contributed by atoms with E-state index in [2.05, 4.69) is 11.4 Å². The summed E-state index contributed by atoms with van der Waals surface area (Å²) in [6, 6.07) is 6.17. The van der Waals surface area contributed by atoms with E-state index in [-0.39, 0.29) is 5.91 Å². The van der Waals surface area contributed by atoms with E-state index in [1.807, 2.05) is 33.7 Å². The van der Waals surface area contributed by atoms with Crippen LogP contribution in [0.2, 0.25) is 0 Å². The molecule has 0 N–H and O–H groups in total. The Morgan fingerprint density at radius 3 is 3.06 bits per heavy atom. The van der Waals surface area contributed by atoms with Gasteiger partial charge in [0.1, 0.15) is 0 Å². The summed E-state index contributed by atoms with van der Waals surface area (Å²) in [4.78, 5) is 16.7. The fraction of sp³-hybridized carbons (Fsp3) is 0.308. The molecule has 2 nitrogen and oxygen atoms in total. The molecule has 1 aliphatic rings. The predicted octanol–water partition coefficient (Wildman–Crippen LogP) is 2.94. The van der Waals surface area contributed by atoms with Crippen LogP contribution in [0.5, 0.6) is 0 Å². The van der Waals surface area contributed by atoms with Crippen LogP contribution < -0.4 is 0 Å². The van der Waals surface area contributed by atoms with E-state index in [0.717, 1.165) is 24.4 Å². The minimum absolute atomic E-state index is 0.254. The van der Waals surface area contributed by atoms with Crippen LogP contribution in [0.25, 0.3) is 0 Å². The van der Waals surface area contributed by atoms with Crippen LogP contribution in [-0.4, -0.2) is 17.4 Å². The molecule has 0 saturated carbocycles. The van der Waals surface area contributed by atoms with Gasteiger partial charge in [-0.15, -0.1) is 22.7 Å². The summed E-state index contributed by atoms with van der Waals surface area (Å²) in [5.41, 5.74) is 1.33. The molecule has 88 valence electrons. The Morgan fingerprint density at radius 1 is 1.29 bits per heavy atom. The zero-order chi connectivity index (χ0) is 11.7. The van der Waals surface area contributed by atoms with Gasteiger partial charge in [0, 0.05) is 22.8 Å². The molecular formula is C13H13NOS2. The van der Waals surface area contributed by atoms with Crippen molar-refractivity contribution in [1.29, 1.82) is 0 Å². The molecule has 0 bridgehead atoms. The Kier molecular flexibility index (Phi) is 2.99. The van der Waals surface area contributed by atoms with E-state index in [1.165, 1.54) is 10.4 Å². The highest BCUT2D eigenvalue weighted by Crippen LogP contribution is 2.24. The number of carbonyl (C=O) groups is 1. The van der Waals surface area contributed by atoms with Gasteiger partial charge in [0.25, 0.3) is 0 Å². The largest absolute Gasteiger partial charge is 0.338 e. The highest BCUT2D eigenvalue weighted by molar-refractivity contribution is 7.10. The minimum atomic E-state index is 0.254. The third-order valence-electron chi connectivity index (χ3n) is 3.07. The molecule has 2 aromatic rings. The second-order valence-corrected chi connectivity index (χ2v) is 6.22. The fourth-order valence-corrected chi connectivity index (χ4v) is 3.72. The predicted molar refractivity (Wildman–Crippen MR) is 71.5 cm³/mol. The molecule has 0 saturated heterocycles. The third kappa shape index (κ3) is 2.28. The molecule has 0 aliphatic carbocycles. The first-order chi connectivity index (χ1) is 8.33. The van der Waals surface area contributed by atoms with Gasteiger partial charge < -0.3 is 4.90 Å². The Morgan fingerprint density at radius 2 is 2.24 bits per heavy atom. The van der Waals surface area contributed by atoms with Crippen molar-refractivity contribution in [3.63, 3.8) is 0 Å². The lowest BCUT2D eigenvalue weighted by molar-refractivity contribution is -0.131. The van der Waals surface area contributed by atoms with Gasteiger partial charge in [-0.1, -0.05) is 6.07 Å². The lowest BCUT2D eigenvalue weighted by Crippen LogP contribution is -2.36. The number of rotatable bonds is 2. The van der Waals surface area contributed by atoms with E-state index >= 15 is 0 Å².